The third-order valence-electron chi connectivity index (χ3n) is 1.52. The van der Waals surface area contributed by atoms with E-state index in [1.165, 1.54) is 12.1 Å². The highest BCUT2D eigenvalue weighted by molar-refractivity contribution is 5.79. The SMILES string of the molecule is N=C(N)C/C=C/c1ccc(F)cc1. The van der Waals surface area contributed by atoms with Crippen LogP contribution >= 0.6 is 0 Å². The van der Waals surface area contributed by atoms with Gasteiger partial charge in [-0.25, -0.2) is 4.39 Å². The van der Waals surface area contributed by atoms with Gasteiger partial charge >= 0.3 is 0 Å². The Balaban J connectivity index is 2.59. The average Bonchev–Trinajstić information content (AvgIpc) is 2.08. The van der Waals surface area contributed by atoms with E-state index in [0.29, 0.717) is 6.42 Å². The largest absolute Gasteiger partial charge is 0.387 e. The van der Waals surface area contributed by atoms with Crippen LogP contribution in [0.2, 0.25) is 0 Å². The lowest BCUT2D eigenvalue weighted by molar-refractivity contribution is 0.628. The molecule has 13 heavy (non-hydrogen) atoms. The average molecular weight is 178 g/mol. The zero-order valence-corrected chi connectivity index (χ0v) is 7.13. The molecule has 1 aromatic carbocycles. The number of nitrogens with two attached hydrogens (primary N) is 1. The van der Waals surface area contributed by atoms with E-state index in [1.807, 2.05) is 0 Å². The summed E-state index contributed by atoms with van der Waals surface area (Å²) in [5.74, 6) is -0.123. The summed E-state index contributed by atoms with van der Waals surface area (Å²) >= 11 is 0. The minimum atomic E-state index is -0.247. The highest BCUT2D eigenvalue weighted by Crippen LogP contribution is 2.04. The van der Waals surface area contributed by atoms with E-state index in [1.54, 1.807) is 24.3 Å². The Bertz CT molecular complexity index is 314. The molecular weight excluding hydrogens is 167 g/mol. The third-order valence-corrected chi connectivity index (χ3v) is 1.52. The molecule has 3 N–H and O–H groups in total. The lowest BCUT2D eigenvalue weighted by atomic mass is 10.2. The molecule has 0 fully saturated rings. The van der Waals surface area contributed by atoms with Crippen LogP contribution in [-0.4, -0.2) is 5.84 Å². The molecule has 1 aromatic rings. The first-order chi connectivity index (χ1) is 6.18. The Morgan fingerprint density at radius 2 is 2.00 bits per heavy atom. The van der Waals surface area contributed by atoms with Crippen LogP contribution in [0.15, 0.2) is 30.3 Å². The maximum atomic E-state index is 12.5. The Morgan fingerprint density at radius 3 is 2.54 bits per heavy atom. The smallest absolute Gasteiger partial charge is 0.123 e. The molecule has 0 heterocycles. The molecule has 0 aliphatic heterocycles. The van der Waals surface area contributed by atoms with Crippen LogP contribution in [0.25, 0.3) is 6.08 Å². The summed E-state index contributed by atoms with van der Waals surface area (Å²) in [6, 6.07) is 6.14. The fraction of sp³-hybridized carbons (Fsp3) is 0.100. The summed E-state index contributed by atoms with van der Waals surface area (Å²) in [4.78, 5) is 0. The lowest BCUT2D eigenvalue weighted by Crippen LogP contribution is -2.06. The van der Waals surface area contributed by atoms with Gasteiger partial charge in [-0.3, -0.25) is 5.41 Å². The third kappa shape index (κ3) is 3.51. The van der Waals surface area contributed by atoms with Crippen molar-refractivity contribution in [3.05, 3.63) is 41.7 Å². The van der Waals surface area contributed by atoms with E-state index in [0.717, 1.165) is 5.56 Å². The Morgan fingerprint density at radius 1 is 1.38 bits per heavy atom. The highest BCUT2D eigenvalue weighted by atomic mass is 19.1. The molecule has 0 radical (unpaired) electrons. The molecule has 1 rings (SSSR count). The zero-order valence-electron chi connectivity index (χ0n) is 7.13. The van der Waals surface area contributed by atoms with Crippen molar-refractivity contribution in [3.63, 3.8) is 0 Å². The number of hydrogen-bond acceptors (Lipinski definition) is 1. The second-order valence-electron chi connectivity index (χ2n) is 2.68. The van der Waals surface area contributed by atoms with Crippen molar-refractivity contribution in [1.82, 2.24) is 0 Å². The van der Waals surface area contributed by atoms with E-state index >= 15 is 0 Å². The predicted molar refractivity (Wildman–Crippen MR) is 52.0 cm³/mol. The number of hydrogen-bond donors (Lipinski definition) is 2. The summed E-state index contributed by atoms with van der Waals surface area (Å²) < 4.78 is 12.5. The summed E-state index contributed by atoms with van der Waals surface area (Å²) in [5, 5.41) is 6.96. The second-order valence-corrected chi connectivity index (χ2v) is 2.68. The van der Waals surface area contributed by atoms with E-state index in [4.69, 9.17) is 11.1 Å². The fourth-order valence-electron chi connectivity index (χ4n) is 0.896. The van der Waals surface area contributed by atoms with Gasteiger partial charge in [-0.2, -0.15) is 0 Å². The zero-order chi connectivity index (χ0) is 9.68. The van der Waals surface area contributed by atoms with Crippen LogP contribution in [0.1, 0.15) is 12.0 Å². The lowest BCUT2D eigenvalue weighted by Gasteiger charge is -1.92. The van der Waals surface area contributed by atoms with Crippen molar-refractivity contribution in [1.29, 1.82) is 5.41 Å². The van der Waals surface area contributed by atoms with Crippen LogP contribution in [0.3, 0.4) is 0 Å². The Labute approximate surface area is 76.4 Å². The molecule has 2 nitrogen and oxygen atoms in total. The first kappa shape index (κ1) is 9.45. The van der Waals surface area contributed by atoms with Gasteiger partial charge in [-0.05, 0) is 17.7 Å². The van der Waals surface area contributed by atoms with Gasteiger partial charge in [0, 0.05) is 6.42 Å². The van der Waals surface area contributed by atoms with Crippen LogP contribution in [0.5, 0.6) is 0 Å². The molecule has 0 spiro atoms. The Hall–Kier alpha value is -1.64. The van der Waals surface area contributed by atoms with Crippen LogP contribution in [0, 0.1) is 11.2 Å². The van der Waals surface area contributed by atoms with Crippen molar-refractivity contribution >= 4 is 11.9 Å². The number of halogens is 1. The maximum absolute atomic E-state index is 12.5. The number of rotatable bonds is 3. The first-order valence-corrected chi connectivity index (χ1v) is 3.93. The van der Waals surface area contributed by atoms with Crippen molar-refractivity contribution < 1.29 is 4.39 Å². The minimum Gasteiger partial charge on any atom is -0.387 e. The van der Waals surface area contributed by atoms with E-state index in [9.17, 15) is 4.39 Å². The van der Waals surface area contributed by atoms with Crippen molar-refractivity contribution in [2.24, 2.45) is 5.73 Å². The van der Waals surface area contributed by atoms with Crippen molar-refractivity contribution in [2.45, 2.75) is 6.42 Å². The van der Waals surface area contributed by atoms with Crippen LogP contribution < -0.4 is 5.73 Å². The van der Waals surface area contributed by atoms with E-state index in [2.05, 4.69) is 0 Å². The molecule has 0 bridgehead atoms. The summed E-state index contributed by atoms with van der Waals surface area (Å²) in [5.41, 5.74) is 6.06. The Kier molecular flexibility index (Phi) is 3.20. The molecule has 0 saturated heterocycles. The van der Waals surface area contributed by atoms with Crippen molar-refractivity contribution in [2.75, 3.05) is 0 Å². The van der Waals surface area contributed by atoms with Gasteiger partial charge in [-0.15, -0.1) is 0 Å². The first-order valence-electron chi connectivity index (χ1n) is 3.93. The molecule has 3 heteroatoms. The molecule has 68 valence electrons. The second kappa shape index (κ2) is 4.40. The van der Waals surface area contributed by atoms with Gasteiger partial charge < -0.3 is 5.73 Å². The predicted octanol–water partition coefficient (Wildman–Crippen LogP) is 2.16. The fourth-order valence-corrected chi connectivity index (χ4v) is 0.896. The molecular formula is C10H11FN2. The van der Waals surface area contributed by atoms with Crippen LogP contribution in [-0.2, 0) is 0 Å². The highest BCUT2D eigenvalue weighted by Gasteiger charge is 1.88. The summed E-state index contributed by atoms with van der Waals surface area (Å²) in [7, 11) is 0. The van der Waals surface area contributed by atoms with Gasteiger partial charge in [0.15, 0.2) is 0 Å². The van der Waals surface area contributed by atoms with Crippen molar-refractivity contribution in [3.8, 4) is 0 Å². The molecule has 0 aliphatic rings. The van der Waals surface area contributed by atoms with Gasteiger partial charge in [-0.1, -0.05) is 24.3 Å². The monoisotopic (exact) mass is 178 g/mol. The van der Waals surface area contributed by atoms with Gasteiger partial charge in [0.2, 0.25) is 0 Å². The number of amidine groups is 1. The number of nitrogens with one attached hydrogen (secondary N) is 1. The molecule has 0 amide bonds. The number of benzene rings is 1. The minimum absolute atomic E-state index is 0.123. The quantitative estimate of drug-likeness (QED) is 0.540. The molecule has 0 unspecified atom stereocenters. The normalized spacial score (nSPS) is 10.5. The van der Waals surface area contributed by atoms with E-state index < -0.39 is 0 Å². The van der Waals surface area contributed by atoms with Gasteiger partial charge in [0.25, 0.3) is 0 Å². The molecule has 0 aliphatic carbocycles. The molecule has 0 aromatic heterocycles. The summed E-state index contributed by atoms with van der Waals surface area (Å²) in [6.07, 6.45) is 4.01. The topological polar surface area (TPSA) is 49.9 Å². The molecule has 0 atom stereocenters. The van der Waals surface area contributed by atoms with Gasteiger partial charge in [0.1, 0.15) is 5.82 Å². The standard InChI is InChI=1S/C10H11FN2/c11-9-6-4-8(5-7-9)2-1-3-10(12)13/h1-2,4-7H,3H2,(H3,12,13)/b2-1+. The molecule has 0 saturated carbocycles. The van der Waals surface area contributed by atoms with Crippen LogP contribution in [0.4, 0.5) is 4.39 Å². The maximum Gasteiger partial charge on any atom is 0.123 e. The van der Waals surface area contributed by atoms with Gasteiger partial charge in [0.05, 0.1) is 5.84 Å². The summed E-state index contributed by atoms with van der Waals surface area (Å²) in [6.45, 7) is 0. The van der Waals surface area contributed by atoms with E-state index in [-0.39, 0.29) is 11.7 Å².